The number of hydrogen-bond donors (Lipinski definition) is 1. The fraction of sp³-hybridized carbons (Fsp3) is 0.500. The lowest BCUT2D eigenvalue weighted by Crippen LogP contribution is -2.31. The average Bonchev–Trinajstić information content (AvgIpc) is 3.07. The topological polar surface area (TPSA) is 66.8 Å². The van der Waals surface area contributed by atoms with Crippen molar-refractivity contribution in [1.29, 1.82) is 0 Å². The highest BCUT2D eigenvalue weighted by Crippen LogP contribution is 2.22. The molecule has 138 valence electrons. The number of aliphatic hydroxyl groups excluding tert-OH is 1. The van der Waals surface area contributed by atoms with Crippen LogP contribution in [0.5, 0.6) is 0 Å². The second-order valence-corrected chi connectivity index (χ2v) is 6.39. The van der Waals surface area contributed by atoms with Gasteiger partial charge in [0.25, 0.3) is 5.91 Å². The molecule has 0 spiro atoms. The normalized spacial score (nSPS) is 16.7. The number of aliphatic hydroxyl groups is 1. The third-order valence-corrected chi connectivity index (χ3v) is 4.34. The van der Waals surface area contributed by atoms with E-state index in [1.807, 2.05) is 32.9 Å². The Kier molecular flexibility index (Phi) is 8.35. The molecule has 0 saturated heterocycles. The van der Waals surface area contributed by atoms with E-state index in [0.717, 1.165) is 11.1 Å². The molecule has 1 aliphatic heterocycles. The van der Waals surface area contributed by atoms with E-state index in [2.05, 4.69) is 6.58 Å². The average molecular weight is 347 g/mol. The lowest BCUT2D eigenvalue weighted by Gasteiger charge is -2.19. The van der Waals surface area contributed by atoms with Gasteiger partial charge in [-0.2, -0.15) is 0 Å². The maximum atomic E-state index is 12.7. The van der Waals surface area contributed by atoms with E-state index in [-0.39, 0.29) is 24.4 Å². The number of carbonyl (C=O) groups is 2. The molecule has 0 fully saturated rings. The van der Waals surface area contributed by atoms with Crippen molar-refractivity contribution in [2.75, 3.05) is 26.8 Å². The Morgan fingerprint density at radius 1 is 1.44 bits per heavy atom. The molecule has 1 N–H and O–H groups in total. The van der Waals surface area contributed by atoms with Crippen LogP contribution in [0.25, 0.3) is 0 Å². The largest absolute Gasteiger partial charge is 0.469 e. The summed E-state index contributed by atoms with van der Waals surface area (Å²) in [5.41, 5.74) is 2.39. The second-order valence-electron chi connectivity index (χ2n) is 6.39. The zero-order valence-electron chi connectivity index (χ0n) is 15.6. The third-order valence-electron chi connectivity index (χ3n) is 4.34. The van der Waals surface area contributed by atoms with E-state index in [0.29, 0.717) is 25.1 Å². The van der Waals surface area contributed by atoms with Gasteiger partial charge in [-0.15, -0.1) is 6.58 Å². The SMILES string of the molecule is C=CC(CC1=CCN(C(=O)C(=CC(=CC)C(C)C)CO)C1)C(=O)OC. The van der Waals surface area contributed by atoms with Gasteiger partial charge in [-0.3, -0.25) is 9.59 Å². The van der Waals surface area contributed by atoms with Crippen LogP contribution in [-0.4, -0.2) is 48.7 Å². The van der Waals surface area contributed by atoms with Crippen LogP contribution in [0.1, 0.15) is 27.2 Å². The van der Waals surface area contributed by atoms with Crippen LogP contribution in [0.3, 0.4) is 0 Å². The Bertz CT molecular complexity index is 599. The Hall–Kier alpha value is -2.14. The van der Waals surface area contributed by atoms with Gasteiger partial charge in [0.2, 0.25) is 0 Å². The number of esters is 1. The Labute approximate surface area is 150 Å². The maximum absolute atomic E-state index is 12.7. The highest BCUT2D eigenvalue weighted by molar-refractivity contribution is 5.94. The lowest BCUT2D eigenvalue weighted by molar-refractivity contribution is -0.143. The molecule has 0 aromatic rings. The van der Waals surface area contributed by atoms with Crippen LogP contribution < -0.4 is 0 Å². The molecular weight excluding hydrogens is 318 g/mol. The first-order valence-electron chi connectivity index (χ1n) is 8.53. The number of ether oxygens (including phenoxy) is 1. The van der Waals surface area contributed by atoms with Crippen molar-refractivity contribution >= 4 is 11.9 Å². The van der Waals surface area contributed by atoms with Crippen LogP contribution in [0, 0.1) is 11.8 Å². The molecule has 1 atom stereocenters. The first-order chi connectivity index (χ1) is 11.9. The fourth-order valence-electron chi connectivity index (χ4n) is 2.78. The van der Waals surface area contributed by atoms with Gasteiger partial charge in [0.05, 0.1) is 19.6 Å². The fourth-order valence-corrected chi connectivity index (χ4v) is 2.78. The molecule has 0 radical (unpaired) electrons. The number of methoxy groups -OCH3 is 1. The van der Waals surface area contributed by atoms with E-state index in [9.17, 15) is 14.7 Å². The van der Waals surface area contributed by atoms with Gasteiger partial charge in [-0.05, 0) is 30.9 Å². The van der Waals surface area contributed by atoms with Gasteiger partial charge < -0.3 is 14.7 Å². The van der Waals surface area contributed by atoms with Crippen LogP contribution in [0.2, 0.25) is 0 Å². The van der Waals surface area contributed by atoms with Gasteiger partial charge in [0.15, 0.2) is 0 Å². The van der Waals surface area contributed by atoms with Crippen molar-refractivity contribution in [1.82, 2.24) is 4.90 Å². The second kappa shape index (κ2) is 9.99. The maximum Gasteiger partial charge on any atom is 0.312 e. The van der Waals surface area contributed by atoms with Crippen molar-refractivity contribution in [2.45, 2.75) is 27.2 Å². The van der Waals surface area contributed by atoms with Gasteiger partial charge in [0, 0.05) is 18.7 Å². The van der Waals surface area contributed by atoms with E-state index >= 15 is 0 Å². The molecule has 0 bridgehead atoms. The number of allylic oxidation sites excluding steroid dienone is 3. The van der Waals surface area contributed by atoms with E-state index in [4.69, 9.17) is 4.74 Å². The summed E-state index contributed by atoms with van der Waals surface area (Å²) in [7, 11) is 1.35. The standard InChI is InChI=1S/C20H29NO4/c1-6-16(14(3)4)11-18(13-22)19(23)21-9-8-15(12-21)10-17(7-2)20(24)25-5/h6-8,11,14,17,22H,2,9-10,12-13H2,1,3-5H3. The number of hydrogen-bond acceptors (Lipinski definition) is 4. The third kappa shape index (κ3) is 5.71. The minimum Gasteiger partial charge on any atom is -0.469 e. The summed E-state index contributed by atoms with van der Waals surface area (Å²) in [5, 5.41) is 9.60. The van der Waals surface area contributed by atoms with Gasteiger partial charge in [-0.1, -0.05) is 37.6 Å². The van der Waals surface area contributed by atoms with E-state index in [1.165, 1.54) is 7.11 Å². The van der Waals surface area contributed by atoms with Crippen LogP contribution in [-0.2, 0) is 14.3 Å². The first kappa shape index (κ1) is 20.9. The summed E-state index contributed by atoms with van der Waals surface area (Å²) >= 11 is 0. The summed E-state index contributed by atoms with van der Waals surface area (Å²) in [5.74, 6) is -0.636. The van der Waals surface area contributed by atoms with E-state index in [1.54, 1.807) is 17.1 Å². The van der Waals surface area contributed by atoms with Gasteiger partial charge >= 0.3 is 5.97 Å². The van der Waals surface area contributed by atoms with Crippen molar-refractivity contribution in [3.63, 3.8) is 0 Å². The van der Waals surface area contributed by atoms with Crippen LogP contribution in [0.4, 0.5) is 0 Å². The zero-order valence-corrected chi connectivity index (χ0v) is 15.6. The summed E-state index contributed by atoms with van der Waals surface area (Å²) in [6.45, 7) is 10.3. The molecule has 1 aliphatic rings. The van der Waals surface area contributed by atoms with Crippen molar-refractivity contribution in [3.8, 4) is 0 Å². The number of rotatable bonds is 8. The molecule has 0 saturated carbocycles. The van der Waals surface area contributed by atoms with Gasteiger partial charge in [0.1, 0.15) is 0 Å². The minimum absolute atomic E-state index is 0.179. The molecular formula is C20H29NO4. The van der Waals surface area contributed by atoms with Crippen LogP contribution in [0.15, 0.2) is 47.6 Å². The van der Waals surface area contributed by atoms with Gasteiger partial charge in [-0.25, -0.2) is 0 Å². The van der Waals surface area contributed by atoms with Crippen molar-refractivity contribution in [2.24, 2.45) is 11.8 Å². The molecule has 1 amide bonds. The zero-order chi connectivity index (χ0) is 19.0. The Morgan fingerprint density at radius 3 is 2.60 bits per heavy atom. The predicted molar refractivity (Wildman–Crippen MR) is 98.7 cm³/mol. The molecule has 5 heteroatoms. The number of carbonyl (C=O) groups excluding carboxylic acids is 2. The molecule has 0 aliphatic carbocycles. The highest BCUT2D eigenvalue weighted by Gasteiger charge is 2.25. The summed E-state index contributed by atoms with van der Waals surface area (Å²) in [6, 6.07) is 0. The number of nitrogens with zero attached hydrogens (tertiary/aromatic N) is 1. The molecule has 0 aromatic heterocycles. The predicted octanol–water partition coefficient (Wildman–Crippen LogP) is 2.64. The first-order valence-corrected chi connectivity index (χ1v) is 8.53. The summed E-state index contributed by atoms with van der Waals surface area (Å²) in [4.78, 5) is 26.0. The molecule has 5 nitrogen and oxygen atoms in total. The molecule has 1 rings (SSSR count). The Morgan fingerprint density at radius 2 is 2.12 bits per heavy atom. The summed E-state index contributed by atoms with van der Waals surface area (Å²) in [6.07, 6.45) is 7.73. The molecule has 0 aromatic carbocycles. The number of amides is 1. The summed E-state index contributed by atoms with van der Waals surface area (Å²) < 4.78 is 4.76. The smallest absolute Gasteiger partial charge is 0.312 e. The molecule has 1 heterocycles. The quantitative estimate of drug-likeness (QED) is 0.317. The van der Waals surface area contributed by atoms with Crippen LogP contribution >= 0.6 is 0 Å². The monoisotopic (exact) mass is 347 g/mol. The van der Waals surface area contributed by atoms with Crippen molar-refractivity contribution < 1.29 is 19.4 Å². The van der Waals surface area contributed by atoms with E-state index < -0.39 is 5.92 Å². The molecule has 1 unspecified atom stereocenters. The highest BCUT2D eigenvalue weighted by atomic mass is 16.5. The minimum atomic E-state index is -0.408. The Balaban J connectivity index is 2.78. The molecule has 25 heavy (non-hydrogen) atoms. The lowest BCUT2D eigenvalue weighted by atomic mass is 9.99. The van der Waals surface area contributed by atoms with Crippen molar-refractivity contribution in [3.05, 3.63) is 47.6 Å².